The maximum atomic E-state index is 12.5. The molecule has 0 saturated heterocycles. The zero-order chi connectivity index (χ0) is 18.0. The molecule has 0 amide bonds. The predicted octanol–water partition coefficient (Wildman–Crippen LogP) is 2.60. The summed E-state index contributed by atoms with van der Waals surface area (Å²) in [5.74, 6) is 0.157. The quantitative estimate of drug-likeness (QED) is 0.845. The van der Waals surface area contributed by atoms with E-state index in [9.17, 15) is 16.8 Å². The topological polar surface area (TPSA) is 89.5 Å². The first kappa shape index (κ1) is 18.3. The van der Waals surface area contributed by atoms with Gasteiger partial charge in [-0.05, 0) is 37.3 Å². The molecule has 0 aromatic heterocycles. The Morgan fingerprint density at radius 2 is 1.54 bits per heavy atom. The molecule has 130 valence electrons. The van der Waals surface area contributed by atoms with Gasteiger partial charge in [-0.2, -0.15) is 0 Å². The fourth-order valence-corrected chi connectivity index (χ4v) is 4.02. The van der Waals surface area contributed by atoms with Crippen LogP contribution in [0, 0.1) is 6.92 Å². The fourth-order valence-electron chi connectivity index (χ4n) is 2.05. The number of benzene rings is 2. The molecular formula is C16H19NO5S2. The van der Waals surface area contributed by atoms with Gasteiger partial charge in [0.1, 0.15) is 5.75 Å². The number of ether oxygens (including phenoxy) is 1. The zero-order valence-electron chi connectivity index (χ0n) is 13.6. The van der Waals surface area contributed by atoms with Crippen LogP contribution in [0.4, 0.5) is 5.69 Å². The number of aryl methyl sites for hydroxylation is 1. The van der Waals surface area contributed by atoms with Crippen LogP contribution in [-0.2, 0) is 19.9 Å². The van der Waals surface area contributed by atoms with Gasteiger partial charge in [-0.15, -0.1) is 0 Å². The summed E-state index contributed by atoms with van der Waals surface area (Å²) in [6.45, 7) is 3.38. The Balaban J connectivity index is 2.47. The summed E-state index contributed by atoms with van der Waals surface area (Å²) in [4.78, 5) is 0.117. The van der Waals surface area contributed by atoms with Crippen molar-refractivity contribution in [2.45, 2.75) is 23.6 Å². The monoisotopic (exact) mass is 369 g/mol. The van der Waals surface area contributed by atoms with Gasteiger partial charge in [-0.1, -0.05) is 24.6 Å². The van der Waals surface area contributed by atoms with Crippen molar-refractivity contribution in [3.8, 4) is 5.75 Å². The van der Waals surface area contributed by atoms with Crippen LogP contribution in [0.25, 0.3) is 0 Å². The fraction of sp³-hybridized carbons (Fsp3) is 0.250. The lowest BCUT2D eigenvalue weighted by atomic mass is 10.2. The maximum absolute atomic E-state index is 12.5. The summed E-state index contributed by atoms with van der Waals surface area (Å²) < 4.78 is 56.5. The van der Waals surface area contributed by atoms with Gasteiger partial charge in [0.25, 0.3) is 10.0 Å². The number of anilines is 1. The second-order valence-electron chi connectivity index (χ2n) is 5.18. The highest BCUT2D eigenvalue weighted by Gasteiger charge is 2.19. The Morgan fingerprint density at radius 1 is 0.958 bits per heavy atom. The van der Waals surface area contributed by atoms with Crippen LogP contribution in [0.3, 0.4) is 0 Å². The molecule has 8 heteroatoms. The zero-order valence-corrected chi connectivity index (χ0v) is 15.2. The first-order valence-corrected chi connectivity index (χ1v) is 10.3. The number of hydrogen-bond donors (Lipinski definition) is 1. The van der Waals surface area contributed by atoms with Crippen molar-refractivity contribution in [3.63, 3.8) is 0 Å². The summed E-state index contributed by atoms with van der Waals surface area (Å²) >= 11 is 0. The summed E-state index contributed by atoms with van der Waals surface area (Å²) in [7, 11) is -5.94. The van der Waals surface area contributed by atoms with E-state index in [1.807, 2.05) is 6.92 Å². The van der Waals surface area contributed by atoms with Gasteiger partial charge in [0.05, 0.1) is 28.3 Å². The van der Waals surface area contributed by atoms with E-state index in [0.29, 0.717) is 0 Å². The first-order chi connectivity index (χ1) is 11.2. The molecule has 2 rings (SSSR count). The lowest BCUT2D eigenvalue weighted by molar-refractivity contribution is 0.416. The Labute approximate surface area is 142 Å². The highest BCUT2D eigenvalue weighted by molar-refractivity contribution is 7.92. The molecule has 0 heterocycles. The Bertz CT molecular complexity index is 933. The lowest BCUT2D eigenvalue weighted by Crippen LogP contribution is -2.14. The van der Waals surface area contributed by atoms with Crippen molar-refractivity contribution in [1.29, 1.82) is 0 Å². The highest BCUT2D eigenvalue weighted by Crippen LogP contribution is 2.30. The van der Waals surface area contributed by atoms with E-state index in [1.54, 1.807) is 12.1 Å². The van der Waals surface area contributed by atoms with Gasteiger partial charge in [-0.25, -0.2) is 16.8 Å². The van der Waals surface area contributed by atoms with Crippen molar-refractivity contribution >= 4 is 25.5 Å². The summed E-state index contributed by atoms with van der Waals surface area (Å²) in [6, 6.07) is 10.4. The number of nitrogens with one attached hydrogen (secondary N) is 1. The van der Waals surface area contributed by atoms with Crippen molar-refractivity contribution in [1.82, 2.24) is 0 Å². The standard InChI is InChI=1S/C16H19NO5S2/c1-4-23(18,19)14-9-10-16(22-3)15(11-14)17-24(20,21)13-7-5-12(2)6-8-13/h5-11,17H,4H2,1-3H3. The minimum absolute atomic E-state index is 0.0346. The molecule has 0 fully saturated rings. The second-order valence-corrected chi connectivity index (χ2v) is 9.14. The van der Waals surface area contributed by atoms with E-state index in [0.717, 1.165) is 5.56 Å². The van der Waals surface area contributed by atoms with Crippen molar-refractivity contribution < 1.29 is 21.6 Å². The smallest absolute Gasteiger partial charge is 0.262 e. The van der Waals surface area contributed by atoms with E-state index >= 15 is 0 Å². The SMILES string of the molecule is CCS(=O)(=O)c1ccc(OC)c(NS(=O)(=O)c2ccc(C)cc2)c1. The third kappa shape index (κ3) is 3.88. The van der Waals surface area contributed by atoms with E-state index in [2.05, 4.69) is 4.72 Å². The average Bonchev–Trinajstić information content (AvgIpc) is 2.54. The average molecular weight is 369 g/mol. The lowest BCUT2D eigenvalue weighted by Gasteiger charge is -2.13. The molecule has 0 saturated carbocycles. The molecule has 0 spiro atoms. The molecule has 0 aliphatic carbocycles. The number of sulfone groups is 1. The molecule has 0 aliphatic rings. The molecule has 0 aliphatic heterocycles. The summed E-state index contributed by atoms with van der Waals surface area (Å²) in [5.41, 5.74) is 1.01. The minimum atomic E-state index is -3.86. The molecule has 0 radical (unpaired) electrons. The van der Waals surface area contributed by atoms with Gasteiger partial charge in [-0.3, -0.25) is 4.72 Å². The largest absolute Gasteiger partial charge is 0.495 e. The number of hydrogen-bond acceptors (Lipinski definition) is 5. The first-order valence-electron chi connectivity index (χ1n) is 7.20. The van der Waals surface area contributed by atoms with Crippen molar-refractivity contribution in [2.75, 3.05) is 17.6 Å². The molecule has 6 nitrogen and oxygen atoms in total. The van der Waals surface area contributed by atoms with Crippen LogP contribution in [-0.4, -0.2) is 29.7 Å². The van der Waals surface area contributed by atoms with E-state index in [1.165, 1.54) is 44.4 Å². The van der Waals surface area contributed by atoms with Gasteiger partial charge in [0.15, 0.2) is 9.84 Å². The van der Waals surface area contributed by atoms with Gasteiger partial charge < -0.3 is 4.74 Å². The minimum Gasteiger partial charge on any atom is -0.495 e. The van der Waals surface area contributed by atoms with E-state index < -0.39 is 19.9 Å². The van der Waals surface area contributed by atoms with Crippen LogP contribution in [0.1, 0.15) is 12.5 Å². The molecular weight excluding hydrogens is 350 g/mol. The van der Waals surface area contributed by atoms with Crippen molar-refractivity contribution in [2.24, 2.45) is 0 Å². The number of methoxy groups -OCH3 is 1. The molecule has 0 atom stereocenters. The Hall–Kier alpha value is -2.06. The van der Waals surface area contributed by atoms with Crippen LogP contribution in [0.2, 0.25) is 0 Å². The molecule has 0 bridgehead atoms. The molecule has 0 unspecified atom stereocenters. The van der Waals surface area contributed by atoms with Gasteiger partial charge >= 0.3 is 0 Å². The number of sulfonamides is 1. The Morgan fingerprint density at radius 3 is 2.08 bits per heavy atom. The molecule has 2 aromatic rings. The highest BCUT2D eigenvalue weighted by atomic mass is 32.2. The molecule has 24 heavy (non-hydrogen) atoms. The third-order valence-electron chi connectivity index (χ3n) is 3.49. The molecule has 2 aromatic carbocycles. The normalized spacial score (nSPS) is 12.0. The van der Waals surface area contributed by atoms with Gasteiger partial charge in [0.2, 0.25) is 0 Å². The summed E-state index contributed by atoms with van der Waals surface area (Å²) in [5, 5.41) is 0. The van der Waals surface area contributed by atoms with E-state index in [4.69, 9.17) is 4.74 Å². The van der Waals surface area contributed by atoms with Crippen LogP contribution >= 0.6 is 0 Å². The van der Waals surface area contributed by atoms with Crippen LogP contribution in [0.5, 0.6) is 5.75 Å². The molecule has 1 N–H and O–H groups in total. The number of rotatable bonds is 6. The van der Waals surface area contributed by atoms with Gasteiger partial charge in [0, 0.05) is 0 Å². The van der Waals surface area contributed by atoms with E-state index in [-0.39, 0.29) is 27.0 Å². The van der Waals surface area contributed by atoms with Crippen molar-refractivity contribution in [3.05, 3.63) is 48.0 Å². The maximum Gasteiger partial charge on any atom is 0.262 e. The second kappa shape index (κ2) is 6.82. The summed E-state index contributed by atoms with van der Waals surface area (Å²) in [6.07, 6.45) is 0. The third-order valence-corrected chi connectivity index (χ3v) is 6.60. The van der Waals surface area contributed by atoms with Crippen LogP contribution in [0.15, 0.2) is 52.3 Å². The van der Waals surface area contributed by atoms with Crippen LogP contribution < -0.4 is 9.46 Å². The Kier molecular flexibility index (Phi) is 5.19. The predicted molar refractivity (Wildman–Crippen MR) is 92.7 cm³/mol.